The Kier molecular flexibility index (Phi) is 7.49. The van der Waals surface area contributed by atoms with Gasteiger partial charge in [0.1, 0.15) is 16.2 Å². The molecule has 0 radical (unpaired) electrons. The van der Waals surface area contributed by atoms with Gasteiger partial charge in [0.25, 0.3) is 26.0 Å². The molecule has 36 heavy (non-hydrogen) atoms. The molecule has 0 spiro atoms. The van der Waals surface area contributed by atoms with Crippen LogP contribution in [-0.4, -0.2) is 73.6 Å². The molecule has 1 saturated heterocycles. The molecular formula is C22H26N4O8S2. The van der Waals surface area contributed by atoms with E-state index in [0.717, 1.165) is 6.07 Å². The van der Waals surface area contributed by atoms with Crippen LogP contribution in [0.3, 0.4) is 0 Å². The summed E-state index contributed by atoms with van der Waals surface area (Å²) >= 11 is 0. The Morgan fingerprint density at radius 3 is 2.56 bits per heavy atom. The molecule has 0 unspecified atom stereocenters. The lowest BCUT2D eigenvalue weighted by Crippen LogP contribution is -2.43. The number of hydrogen-bond acceptors (Lipinski definition) is 9. The molecule has 0 atom stereocenters. The zero-order valence-corrected chi connectivity index (χ0v) is 21.1. The Labute approximate surface area is 209 Å². The van der Waals surface area contributed by atoms with E-state index in [2.05, 4.69) is 10.0 Å². The second-order valence-corrected chi connectivity index (χ2v) is 11.5. The minimum absolute atomic E-state index is 0.0225. The number of carbonyl (C=O) groups excluding carboxylic acids is 2. The molecule has 2 aliphatic rings. The van der Waals surface area contributed by atoms with Gasteiger partial charge in [-0.25, -0.2) is 21.6 Å². The number of nitrogens with zero attached hydrogens (tertiary/aromatic N) is 1. The van der Waals surface area contributed by atoms with Gasteiger partial charge in [0, 0.05) is 25.1 Å². The SMILES string of the molecule is COc1c(CCC(=O)NCN2CCOCC2)c(NS(=O)(=O)c2ccccc2)cc2c1C(=O)NS2(=O)=O. The smallest absolute Gasteiger partial charge is 0.270 e. The van der Waals surface area contributed by atoms with Crippen LogP contribution in [0.15, 0.2) is 46.2 Å². The van der Waals surface area contributed by atoms with Gasteiger partial charge in [-0.15, -0.1) is 0 Å². The molecular weight excluding hydrogens is 512 g/mol. The lowest BCUT2D eigenvalue weighted by molar-refractivity contribution is -0.122. The predicted molar refractivity (Wildman–Crippen MR) is 129 cm³/mol. The van der Waals surface area contributed by atoms with Crippen LogP contribution in [0.2, 0.25) is 0 Å². The molecule has 2 amide bonds. The molecule has 2 aromatic rings. The van der Waals surface area contributed by atoms with Gasteiger partial charge >= 0.3 is 0 Å². The zero-order chi connectivity index (χ0) is 25.9. The third-order valence-corrected chi connectivity index (χ3v) is 8.54. The van der Waals surface area contributed by atoms with Gasteiger partial charge in [0.2, 0.25) is 5.91 Å². The fourth-order valence-electron chi connectivity index (χ4n) is 3.98. The number of nitrogens with one attached hydrogen (secondary N) is 3. The van der Waals surface area contributed by atoms with Gasteiger partial charge in [-0.05, 0) is 24.6 Å². The van der Waals surface area contributed by atoms with E-state index in [0.29, 0.717) is 33.0 Å². The van der Waals surface area contributed by atoms with Crippen molar-refractivity contribution in [1.82, 2.24) is 14.9 Å². The average molecular weight is 539 g/mol. The maximum absolute atomic E-state index is 13.0. The molecule has 0 saturated carbocycles. The first kappa shape index (κ1) is 25.9. The summed E-state index contributed by atoms with van der Waals surface area (Å²) in [5.74, 6) is -1.31. The maximum Gasteiger partial charge on any atom is 0.270 e. The minimum Gasteiger partial charge on any atom is -0.496 e. The molecule has 194 valence electrons. The van der Waals surface area contributed by atoms with Crippen molar-refractivity contribution in [3.8, 4) is 5.75 Å². The number of rotatable bonds is 9. The Balaban J connectivity index is 1.65. The van der Waals surface area contributed by atoms with E-state index < -0.39 is 30.8 Å². The van der Waals surface area contributed by atoms with Crippen molar-refractivity contribution in [3.63, 3.8) is 0 Å². The number of hydrogen-bond donors (Lipinski definition) is 3. The number of ether oxygens (including phenoxy) is 2. The fraction of sp³-hybridized carbons (Fsp3) is 0.364. The number of fused-ring (bicyclic) bond motifs is 1. The molecule has 1 fully saturated rings. The number of amides is 2. The minimum atomic E-state index is -4.21. The van der Waals surface area contributed by atoms with E-state index in [-0.39, 0.29) is 46.2 Å². The highest BCUT2D eigenvalue weighted by Crippen LogP contribution is 2.40. The second-order valence-electron chi connectivity index (χ2n) is 8.15. The molecule has 0 bridgehead atoms. The zero-order valence-electron chi connectivity index (χ0n) is 19.4. The summed E-state index contributed by atoms with van der Waals surface area (Å²) in [7, 11) is -7.08. The quantitative estimate of drug-likeness (QED) is 0.407. The number of benzene rings is 2. The van der Waals surface area contributed by atoms with Crippen molar-refractivity contribution >= 4 is 37.5 Å². The van der Waals surface area contributed by atoms with Crippen LogP contribution in [0.4, 0.5) is 5.69 Å². The summed E-state index contributed by atoms with van der Waals surface area (Å²) in [5.41, 5.74) is -0.149. The van der Waals surface area contributed by atoms with Crippen LogP contribution >= 0.6 is 0 Å². The third-order valence-electron chi connectivity index (χ3n) is 5.80. The van der Waals surface area contributed by atoms with E-state index in [1.165, 1.54) is 19.2 Å². The Morgan fingerprint density at radius 2 is 1.89 bits per heavy atom. The fourth-order valence-corrected chi connectivity index (χ4v) is 6.27. The summed E-state index contributed by atoms with van der Waals surface area (Å²) in [4.78, 5) is 26.6. The number of carbonyl (C=O) groups is 2. The van der Waals surface area contributed by atoms with Crippen LogP contribution < -0.4 is 19.5 Å². The molecule has 12 nitrogen and oxygen atoms in total. The Morgan fingerprint density at radius 1 is 1.19 bits per heavy atom. The van der Waals surface area contributed by atoms with Gasteiger partial charge in [0.05, 0.1) is 37.6 Å². The summed E-state index contributed by atoms with van der Waals surface area (Å²) < 4.78 is 66.0. The molecule has 14 heteroatoms. The Bertz CT molecular complexity index is 1370. The molecule has 2 aromatic carbocycles. The number of anilines is 1. The number of morpholine rings is 1. The van der Waals surface area contributed by atoms with Crippen molar-refractivity contribution in [3.05, 3.63) is 47.5 Å². The Hall–Kier alpha value is -3.20. The second kappa shape index (κ2) is 10.4. The van der Waals surface area contributed by atoms with Gasteiger partial charge in [-0.2, -0.15) is 0 Å². The summed E-state index contributed by atoms with van der Waals surface area (Å²) in [5, 5.41) is 2.80. The average Bonchev–Trinajstić information content (AvgIpc) is 3.09. The third kappa shape index (κ3) is 5.46. The summed E-state index contributed by atoms with van der Waals surface area (Å²) in [6, 6.07) is 8.59. The lowest BCUT2D eigenvalue weighted by atomic mass is 10.0. The van der Waals surface area contributed by atoms with E-state index in [9.17, 15) is 26.4 Å². The van der Waals surface area contributed by atoms with Crippen molar-refractivity contribution in [2.75, 3.05) is 44.8 Å². The summed E-state index contributed by atoms with van der Waals surface area (Å²) in [6.45, 7) is 2.87. The lowest BCUT2D eigenvalue weighted by Gasteiger charge is -2.26. The van der Waals surface area contributed by atoms with Crippen molar-refractivity contribution < 1.29 is 35.9 Å². The first-order valence-electron chi connectivity index (χ1n) is 11.1. The molecule has 0 aromatic heterocycles. The van der Waals surface area contributed by atoms with Crippen molar-refractivity contribution in [2.24, 2.45) is 0 Å². The number of sulfonamides is 2. The van der Waals surface area contributed by atoms with E-state index in [4.69, 9.17) is 9.47 Å². The van der Waals surface area contributed by atoms with Gasteiger partial charge in [-0.1, -0.05) is 18.2 Å². The standard InChI is InChI=1S/C22H26N4O8S2/c1-33-21-16(7-8-19(27)23-14-26-9-11-34-12-10-26)17(13-18-20(21)22(28)25-36(18,31)32)24-35(29,30)15-5-3-2-4-6-15/h2-6,13,24H,7-12,14H2,1H3,(H,23,27)(H,25,28). The number of methoxy groups -OCH3 is 1. The van der Waals surface area contributed by atoms with Crippen LogP contribution in [0.1, 0.15) is 22.3 Å². The normalized spacial score (nSPS) is 17.2. The monoisotopic (exact) mass is 538 g/mol. The van der Waals surface area contributed by atoms with Crippen molar-refractivity contribution in [2.45, 2.75) is 22.6 Å². The molecule has 0 aliphatic carbocycles. The molecule has 3 N–H and O–H groups in total. The van der Waals surface area contributed by atoms with Crippen LogP contribution in [-0.2, 0) is 36.0 Å². The highest BCUT2D eigenvalue weighted by Gasteiger charge is 2.38. The molecule has 4 rings (SSSR count). The molecule has 2 heterocycles. The predicted octanol–water partition coefficient (Wildman–Crippen LogP) is 0.267. The van der Waals surface area contributed by atoms with E-state index in [1.54, 1.807) is 18.2 Å². The highest BCUT2D eigenvalue weighted by atomic mass is 32.2. The van der Waals surface area contributed by atoms with Crippen LogP contribution in [0.5, 0.6) is 5.75 Å². The van der Waals surface area contributed by atoms with E-state index in [1.807, 2.05) is 9.62 Å². The van der Waals surface area contributed by atoms with E-state index >= 15 is 0 Å². The largest absolute Gasteiger partial charge is 0.496 e. The van der Waals surface area contributed by atoms with Crippen LogP contribution in [0, 0.1) is 0 Å². The maximum atomic E-state index is 13.0. The highest BCUT2D eigenvalue weighted by molar-refractivity contribution is 7.92. The van der Waals surface area contributed by atoms with Gasteiger partial charge in [0.15, 0.2) is 0 Å². The van der Waals surface area contributed by atoms with Gasteiger partial charge in [-0.3, -0.25) is 19.2 Å². The first-order chi connectivity index (χ1) is 17.1. The topological polar surface area (TPSA) is 160 Å². The van der Waals surface area contributed by atoms with Crippen LogP contribution in [0.25, 0.3) is 0 Å². The van der Waals surface area contributed by atoms with Gasteiger partial charge < -0.3 is 14.8 Å². The summed E-state index contributed by atoms with van der Waals surface area (Å²) in [6.07, 6.45) is -0.0840. The molecule has 2 aliphatic heterocycles. The van der Waals surface area contributed by atoms with Crippen molar-refractivity contribution in [1.29, 1.82) is 0 Å². The first-order valence-corrected chi connectivity index (χ1v) is 14.0.